The predicted molar refractivity (Wildman–Crippen MR) is 72.8 cm³/mol. The van der Waals surface area contributed by atoms with Crippen molar-refractivity contribution in [2.75, 3.05) is 25.0 Å². The van der Waals surface area contributed by atoms with Crippen molar-refractivity contribution in [3.63, 3.8) is 0 Å². The molecule has 3 nitrogen and oxygen atoms in total. The van der Waals surface area contributed by atoms with E-state index in [9.17, 15) is 0 Å². The van der Waals surface area contributed by atoms with E-state index in [-0.39, 0.29) is 0 Å². The van der Waals surface area contributed by atoms with E-state index in [1.807, 2.05) is 19.3 Å². The van der Waals surface area contributed by atoms with E-state index < -0.39 is 0 Å². The van der Waals surface area contributed by atoms with Crippen LogP contribution in [0.25, 0.3) is 0 Å². The van der Waals surface area contributed by atoms with Crippen LogP contribution < -0.4 is 10.2 Å². The highest BCUT2D eigenvalue weighted by Crippen LogP contribution is 2.21. The molecule has 0 aliphatic carbocycles. The van der Waals surface area contributed by atoms with Gasteiger partial charge in [0.05, 0.1) is 0 Å². The Morgan fingerprint density at radius 1 is 1.62 bits per heavy atom. The van der Waals surface area contributed by atoms with Gasteiger partial charge in [-0.3, -0.25) is 0 Å². The monoisotopic (exact) mass is 283 g/mol. The van der Waals surface area contributed by atoms with Crippen molar-refractivity contribution in [2.24, 2.45) is 0 Å². The molecule has 1 N–H and O–H groups in total. The first-order valence-corrected chi connectivity index (χ1v) is 6.17. The largest absolute Gasteiger partial charge is 0.353 e. The van der Waals surface area contributed by atoms with Gasteiger partial charge in [0, 0.05) is 35.9 Å². The minimum Gasteiger partial charge on any atom is -0.353 e. The first kappa shape index (κ1) is 13.2. The number of anilines is 1. The van der Waals surface area contributed by atoms with Crippen molar-refractivity contribution in [1.82, 2.24) is 10.3 Å². The average molecular weight is 284 g/mol. The molecule has 0 atom stereocenters. The number of halogens is 1. The molecule has 0 radical (unpaired) electrons. The van der Waals surface area contributed by atoms with Crippen molar-refractivity contribution in [3.05, 3.63) is 35.0 Å². The summed E-state index contributed by atoms with van der Waals surface area (Å²) in [5, 5.41) is 3.16. The fourth-order valence-electron chi connectivity index (χ4n) is 1.60. The van der Waals surface area contributed by atoms with Crippen molar-refractivity contribution >= 4 is 21.7 Å². The molecule has 0 fully saturated rings. The highest BCUT2D eigenvalue weighted by atomic mass is 79.9. The normalized spacial score (nSPS) is 10.2. The van der Waals surface area contributed by atoms with Gasteiger partial charge in [-0.25, -0.2) is 4.98 Å². The zero-order valence-corrected chi connectivity index (χ0v) is 11.4. The summed E-state index contributed by atoms with van der Waals surface area (Å²) in [4.78, 5) is 6.68. The number of likely N-dealkylation sites (N-methyl/N-ethyl adjacent to an activating group) is 1. The molecule has 1 aromatic rings. The Balaban J connectivity index is 3.03. The van der Waals surface area contributed by atoms with Gasteiger partial charge in [-0.15, -0.1) is 6.58 Å². The maximum atomic E-state index is 4.48. The molecule has 88 valence electrons. The number of nitrogens with zero attached hydrogens (tertiary/aromatic N) is 2. The van der Waals surface area contributed by atoms with E-state index in [0.717, 1.165) is 29.9 Å². The van der Waals surface area contributed by atoms with E-state index in [4.69, 9.17) is 0 Å². The first-order valence-electron chi connectivity index (χ1n) is 5.37. The first-order chi connectivity index (χ1) is 7.72. The van der Waals surface area contributed by atoms with Crippen molar-refractivity contribution in [1.29, 1.82) is 0 Å². The molecule has 0 aromatic carbocycles. The second kappa shape index (κ2) is 6.66. The second-order valence-electron chi connectivity index (χ2n) is 3.49. The number of hydrogen-bond donors (Lipinski definition) is 1. The van der Waals surface area contributed by atoms with Crippen LogP contribution in [0.2, 0.25) is 0 Å². The van der Waals surface area contributed by atoms with Crippen LogP contribution in [0, 0.1) is 0 Å². The van der Waals surface area contributed by atoms with E-state index in [1.54, 1.807) is 0 Å². The molecular weight excluding hydrogens is 266 g/mol. The van der Waals surface area contributed by atoms with Crippen LogP contribution in [-0.2, 0) is 6.54 Å². The molecule has 1 aromatic heterocycles. The second-order valence-corrected chi connectivity index (χ2v) is 4.41. The zero-order valence-electron chi connectivity index (χ0n) is 9.83. The highest BCUT2D eigenvalue weighted by molar-refractivity contribution is 9.10. The Labute approximate surface area is 106 Å². The predicted octanol–water partition coefficient (Wildman–Crippen LogP) is 2.58. The third kappa shape index (κ3) is 3.32. The van der Waals surface area contributed by atoms with Crippen LogP contribution in [0.15, 0.2) is 29.4 Å². The minimum absolute atomic E-state index is 0.815. The molecule has 0 saturated carbocycles. The third-order valence-electron chi connectivity index (χ3n) is 2.31. The molecule has 16 heavy (non-hydrogen) atoms. The lowest BCUT2D eigenvalue weighted by molar-refractivity contribution is 0.791. The summed E-state index contributed by atoms with van der Waals surface area (Å²) in [7, 11) is 1.94. The van der Waals surface area contributed by atoms with Crippen LogP contribution in [0.5, 0.6) is 0 Å². The molecule has 0 spiro atoms. The van der Waals surface area contributed by atoms with Gasteiger partial charge in [-0.1, -0.05) is 6.08 Å². The Morgan fingerprint density at radius 2 is 2.38 bits per heavy atom. The smallest absolute Gasteiger partial charge is 0.133 e. The van der Waals surface area contributed by atoms with E-state index in [0.29, 0.717) is 0 Å². The lowest BCUT2D eigenvalue weighted by Crippen LogP contribution is -2.25. The van der Waals surface area contributed by atoms with Gasteiger partial charge in [0.2, 0.25) is 0 Å². The summed E-state index contributed by atoms with van der Waals surface area (Å²) in [6.07, 6.45) is 3.73. The molecule has 0 saturated heterocycles. The minimum atomic E-state index is 0.815. The van der Waals surface area contributed by atoms with Gasteiger partial charge in [0.1, 0.15) is 5.82 Å². The Kier molecular flexibility index (Phi) is 5.49. The van der Waals surface area contributed by atoms with Gasteiger partial charge in [0.25, 0.3) is 0 Å². The van der Waals surface area contributed by atoms with Crippen LogP contribution in [0.1, 0.15) is 12.5 Å². The maximum Gasteiger partial charge on any atom is 0.133 e. The van der Waals surface area contributed by atoms with E-state index in [2.05, 4.69) is 50.7 Å². The standard InChI is InChI=1S/C12H18BrN3/c1-4-6-16(5-2)12-10(8-14-3)7-11(13)9-15-12/h4,7,9,14H,1,5-6,8H2,2-3H3. The maximum absolute atomic E-state index is 4.48. The van der Waals surface area contributed by atoms with Crippen LogP contribution in [-0.4, -0.2) is 25.1 Å². The number of nitrogens with one attached hydrogen (secondary N) is 1. The highest BCUT2D eigenvalue weighted by Gasteiger charge is 2.10. The zero-order chi connectivity index (χ0) is 12.0. The van der Waals surface area contributed by atoms with Crippen LogP contribution >= 0.6 is 15.9 Å². The Hall–Kier alpha value is -0.870. The summed E-state index contributed by atoms with van der Waals surface area (Å²) in [6.45, 7) is 8.46. The number of hydrogen-bond acceptors (Lipinski definition) is 3. The van der Waals surface area contributed by atoms with Gasteiger partial charge < -0.3 is 10.2 Å². The fraction of sp³-hybridized carbons (Fsp3) is 0.417. The molecule has 0 amide bonds. The number of pyridine rings is 1. The molecular formula is C12H18BrN3. The Bertz CT molecular complexity index is 352. The quantitative estimate of drug-likeness (QED) is 0.814. The molecule has 1 rings (SSSR count). The van der Waals surface area contributed by atoms with E-state index in [1.165, 1.54) is 5.56 Å². The van der Waals surface area contributed by atoms with Gasteiger partial charge in [-0.05, 0) is 36.0 Å². The number of rotatable bonds is 6. The number of aromatic nitrogens is 1. The topological polar surface area (TPSA) is 28.2 Å². The molecule has 4 heteroatoms. The van der Waals surface area contributed by atoms with Gasteiger partial charge >= 0.3 is 0 Å². The third-order valence-corrected chi connectivity index (χ3v) is 2.74. The van der Waals surface area contributed by atoms with Gasteiger partial charge in [0.15, 0.2) is 0 Å². The van der Waals surface area contributed by atoms with Crippen LogP contribution in [0.3, 0.4) is 0 Å². The SMILES string of the molecule is C=CCN(CC)c1ncc(Br)cc1CNC. The summed E-state index contributed by atoms with van der Waals surface area (Å²) in [5.74, 6) is 1.03. The molecule has 0 unspecified atom stereocenters. The van der Waals surface area contributed by atoms with E-state index >= 15 is 0 Å². The van der Waals surface area contributed by atoms with Gasteiger partial charge in [-0.2, -0.15) is 0 Å². The van der Waals surface area contributed by atoms with Crippen molar-refractivity contribution in [3.8, 4) is 0 Å². The molecule has 0 bridgehead atoms. The van der Waals surface area contributed by atoms with Crippen molar-refractivity contribution in [2.45, 2.75) is 13.5 Å². The lowest BCUT2D eigenvalue weighted by Gasteiger charge is -2.23. The molecule has 0 aliphatic heterocycles. The molecule has 1 heterocycles. The van der Waals surface area contributed by atoms with Crippen LogP contribution in [0.4, 0.5) is 5.82 Å². The lowest BCUT2D eigenvalue weighted by atomic mass is 10.2. The summed E-state index contributed by atoms with van der Waals surface area (Å²) >= 11 is 3.45. The van der Waals surface area contributed by atoms with Crippen molar-refractivity contribution < 1.29 is 0 Å². The Morgan fingerprint density at radius 3 is 2.94 bits per heavy atom. The molecule has 0 aliphatic rings. The summed E-state index contributed by atoms with van der Waals surface area (Å²) in [6, 6.07) is 2.10. The summed E-state index contributed by atoms with van der Waals surface area (Å²) in [5.41, 5.74) is 1.19. The average Bonchev–Trinajstić information content (AvgIpc) is 2.27. The fourth-order valence-corrected chi connectivity index (χ4v) is 1.98. The summed E-state index contributed by atoms with van der Waals surface area (Å²) < 4.78 is 1.01.